The SMILES string of the molecule is CCc1cc(-c2ccccc2)c2c(c1)=CC1=C(C3=CC=CC3)C(CC)(c3ccccc3)C=CC=21. The molecular formula is C34H30. The third kappa shape index (κ3) is 3.13. The van der Waals surface area contributed by atoms with Crippen molar-refractivity contribution in [3.05, 3.63) is 141 Å². The van der Waals surface area contributed by atoms with Crippen LogP contribution >= 0.6 is 0 Å². The molecule has 0 aliphatic heterocycles. The molecule has 0 heteroatoms. The van der Waals surface area contributed by atoms with Crippen LogP contribution in [-0.2, 0) is 11.8 Å². The smallest absolute Gasteiger partial charge is 0.0391 e. The van der Waals surface area contributed by atoms with E-state index in [-0.39, 0.29) is 5.41 Å². The van der Waals surface area contributed by atoms with Crippen LogP contribution in [-0.4, -0.2) is 0 Å². The van der Waals surface area contributed by atoms with Crippen LogP contribution in [0, 0.1) is 0 Å². The fraction of sp³-hybridized carbons (Fsp3) is 0.176. The van der Waals surface area contributed by atoms with E-state index in [9.17, 15) is 0 Å². The maximum atomic E-state index is 2.49. The summed E-state index contributed by atoms with van der Waals surface area (Å²) in [5.41, 5.74) is 11.0. The molecule has 1 unspecified atom stereocenters. The Balaban J connectivity index is 1.71. The zero-order chi connectivity index (χ0) is 23.1. The van der Waals surface area contributed by atoms with E-state index in [0.717, 1.165) is 19.3 Å². The third-order valence-electron chi connectivity index (χ3n) is 7.77. The van der Waals surface area contributed by atoms with Gasteiger partial charge in [0.25, 0.3) is 0 Å². The zero-order valence-electron chi connectivity index (χ0n) is 20.0. The van der Waals surface area contributed by atoms with Gasteiger partial charge in [0.05, 0.1) is 0 Å². The largest absolute Gasteiger partial charge is 0.0801 e. The minimum atomic E-state index is -0.114. The molecule has 0 saturated carbocycles. The molecule has 0 nitrogen and oxygen atoms in total. The fourth-order valence-corrected chi connectivity index (χ4v) is 6.05. The number of aryl methyl sites for hydroxylation is 1. The summed E-state index contributed by atoms with van der Waals surface area (Å²) in [5, 5.41) is 2.74. The average molecular weight is 439 g/mol. The Bertz CT molecular complexity index is 1510. The van der Waals surface area contributed by atoms with Crippen molar-refractivity contribution in [1.82, 2.24) is 0 Å². The van der Waals surface area contributed by atoms with Gasteiger partial charge < -0.3 is 0 Å². The summed E-state index contributed by atoms with van der Waals surface area (Å²) >= 11 is 0. The van der Waals surface area contributed by atoms with Crippen molar-refractivity contribution >= 4 is 11.6 Å². The molecule has 0 saturated heterocycles. The minimum Gasteiger partial charge on any atom is -0.0801 e. The van der Waals surface area contributed by atoms with Crippen LogP contribution in [0.2, 0.25) is 0 Å². The van der Waals surface area contributed by atoms with Crippen molar-refractivity contribution in [2.75, 3.05) is 0 Å². The molecule has 0 aromatic heterocycles. The van der Waals surface area contributed by atoms with E-state index in [4.69, 9.17) is 0 Å². The molecule has 0 amide bonds. The van der Waals surface area contributed by atoms with Crippen molar-refractivity contribution in [3.8, 4) is 11.1 Å². The van der Waals surface area contributed by atoms with Crippen LogP contribution in [0.25, 0.3) is 22.8 Å². The lowest BCUT2D eigenvalue weighted by Crippen LogP contribution is -2.31. The summed E-state index contributed by atoms with van der Waals surface area (Å²) in [6, 6.07) is 26.8. The topological polar surface area (TPSA) is 0 Å². The van der Waals surface area contributed by atoms with Crippen molar-refractivity contribution < 1.29 is 0 Å². The second kappa shape index (κ2) is 8.29. The van der Waals surface area contributed by atoms with Crippen molar-refractivity contribution in [1.29, 1.82) is 0 Å². The van der Waals surface area contributed by atoms with E-state index < -0.39 is 0 Å². The van der Waals surface area contributed by atoms with E-state index >= 15 is 0 Å². The molecule has 0 fully saturated rings. The van der Waals surface area contributed by atoms with Gasteiger partial charge in [-0.1, -0.05) is 117 Å². The van der Waals surface area contributed by atoms with E-state index in [1.165, 1.54) is 55.0 Å². The first-order chi connectivity index (χ1) is 16.7. The molecule has 0 bridgehead atoms. The molecule has 0 spiro atoms. The minimum absolute atomic E-state index is 0.114. The normalized spacial score (nSPS) is 20.3. The van der Waals surface area contributed by atoms with Gasteiger partial charge >= 0.3 is 0 Å². The highest BCUT2D eigenvalue weighted by atomic mass is 14.4. The van der Waals surface area contributed by atoms with Gasteiger partial charge in [-0.15, -0.1) is 0 Å². The number of hydrogen-bond acceptors (Lipinski definition) is 0. The Labute approximate surface area is 202 Å². The van der Waals surface area contributed by atoms with Crippen LogP contribution in [0.5, 0.6) is 0 Å². The predicted octanol–water partition coefficient (Wildman–Crippen LogP) is 6.96. The molecule has 0 N–H and O–H groups in total. The van der Waals surface area contributed by atoms with E-state index in [1.807, 2.05) is 0 Å². The summed E-state index contributed by atoms with van der Waals surface area (Å²) in [6.45, 7) is 4.58. The molecule has 3 aromatic rings. The standard InChI is InChI=1S/C34H30/c1-3-24-21-27-23-31-29(32(27)30(22-24)25-13-7-5-8-14-25)19-20-34(4-2,28-17-9-6-10-18-28)33(31)26-15-11-12-16-26/h5-15,17-23H,3-4,16H2,1-2H3. The van der Waals surface area contributed by atoms with Gasteiger partial charge in [0.1, 0.15) is 0 Å². The molecular weight excluding hydrogens is 408 g/mol. The Morgan fingerprint density at radius 3 is 2.29 bits per heavy atom. The van der Waals surface area contributed by atoms with Gasteiger partial charge in [-0.2, -0.15) is 0 Å². The third-order valence-corrected chi connectivity index (χ3v) is 7.77. The molecule has 166 valence electrons. The van der Waals surface area contributed by atoms with Crippen molar-refractivity contribution in [2.45, 2.75) is 38.5 Å². The van der Waals surface area contributed by atoms with E-state index in [1.54, 1.807) is 0 Å². The number of rotatable bonds is 5. The van der Waals surface area contributed by atoms with Crippen molar-refractivity contribution in [2.24, 2.45) is 0 Å². The van der Waals surface area contributed by atoms with Crippen LogP contribution in [0.4, 0.5) is 0 Å². The van der Waals surface area contributed by atoms with Gasteiger partial charge in [0.2, 0.25) is 0 Å². The van der Waals surface area contributed by atoms with Gasteiger partial charge in [-0.05, 0) is 80.3 Å². The second-order valence-electron chi connectivity index (χ2n) is 9.52. The van der Waals surface area contributed by atoms with Crippen LogP contribution in [0.3, 0.4) is 0 Å². The first kappa shape index (κ1) is 20.9. The molecule has 0 radical (unpaired) electrons. The maximum Gasteiger partial charge on any atom is 0.0391 e. The molecule has 0 heterocycles. The highest BCUT2D eigenvalue weighted by molar-refractivity contribution is 5.95. The zero-order valence-corrected chi connectivity index (χ0v) is 20.0. The lowest BCUT2D eigenvalue weighted by atomic mass is 9.64. The second-order valence-corrected chi connectivity index (χ2v) is 9.52. The number of allylic oxidation sites excluding steroid dienone is 8. The number of fused-ring (bicyclic) bond motifs is 2. The Morgan fingerprint density at radius 1 is 0.853 bits per heavy atom. The molecule has 3 aliphatic rings. The van der Waals surface area contributed by atoms with Crippen LogP contribution in [0.1, 0.15) is 37.8 Å². The van der Waals surface area contributed by atoms with Gasteiger partial charge in [-0.25, -0.2) is 0 Å². The first-order valence-corrected chi connectivity index (χ1v) is 12.6. The quantitative estimate of drug-likeness (QED) is 0.404. The van der Waals surface area contributed by atoms with Gasteiger partial charge in [0.15, 0.2) is 0 Å². The lowest BCUT2D eigenvalue weighted by molar-refractivity contribution is 0.602. The van der Waals surface area contributed by atoms with Crippen molar-refractivity contribution in [3.63, 3.8) is 0 Å². The van der Waals surface area contributed by atoms with Crippen LogP contribution < -0.4 is 10.4 Å². The van der Waals surface area contributed by atoms with Gasteiger partial charge in [-0.3, -0.25) is 0 Å². The summed E-state index contributed by atoms with van der Waals surface area (Å²) in [4.78, 5) is 0. The predicted molar refractivity (Wildman–Crippen MR) is 145 cm³/mol. The maximum absolute atomic E-state index is 2.49. The summed E-state index contributed by atoms with van der Waals surface area (Å²) < 4.78 is 0. The molecule has 6 rings (SSSR count). The van der Waals surface area contributed by atoms with Crippen LogP contribution in [0.15, 0.2) is 120 Å². The monoisotopic (exact) mass is 438 g/mol. The van der Waals surface area contributed by atoms with Gasteiger partial charge in [0, 0.05) is 5.41 Å². The lowest BCUT2D eigenvalue weighted by Gasteiger charge is -2.38. The summed E-state index contributed by atoms with van der Waals surface area (Å²) in [6.07, 6.45) is 17.3. The number of benzene rings is 3. The molecule has 3 aromatic carbocycles. The fourth-order valence-electron chi connectivity index (χ4n) is 6.05. The summed E-state index contributed by atoms with van der Waals surface area (Å²) in [7, 11) is 0. The Hall–Kier alpha value is -3.64. The average Bonchev–Trinajstić information content (AvgIpc) is 3.56. The number of hydrogen-bond donors (Lipinski definition) is 0. The molecule has 1 atom stereocenters. The summed E-state index contributed by atoms with van der Waals surface area (Å²) in [5.74, 6) is 0. The highest BCUT2D eigenvalue weighted by Gasteiger charge is 2.39. The van der Waals surface area contributed by atoms with E-state index in [0.29, 0.717) is 0 Å². The van der Waals surface area contributed by atoms with E-state index in [2.05, 4.69) is 123 Å². The highest BCUT2D eigenvalue weighted by Crippen LogP contribution is 2.49. The Morgan fingerprint density at radius 2 is 1.62 bits per heavy atom. The molecule has 3 aliphatic carbocycles. The first-order valence-electron chi connectivity index (χ1n) is 12.6. The Kier molecular flexibility index (Phi) is 5.11. The molecule has 34 heavy (non-hydrogen) atoms.